The molecule has 0 fully saturated rings. The SMILES string of the molecule is COCCCN1Cc2cccc(C=O)c2C1. The smallest absolute Gasteiger partial charge is 0.150 e. The van der Waals surface area contributed by atoms with Gasteiger partial charge in [0, 0.05) is 38.9 Å². The van der Waals surface area contributed by atoms with Crippen molar-refractivity contribution in [1.29, 1.82) is 0 Å². The van der Waals surface area contributed by atoms with Crippen molar-refractivity contribution in [3.05, 3.63) is 34.9 Å². The summed E-state index contributed by atoms with van der Waals surface area (Å²) in [6, 6.07) is 5.96. The highest BCUT2D eigenvalue weighted by Crippen LogP contribution is 2.24. The Bertz CT molecular complexity index is 376. The molecule has 16 heavy (non-hydrogen) atoms. The number of carbonyl (C=O) groups is 1. The fourth-order valence-corrected chi connectivity index (χ4v) is 2.22. The van der Waals surface area contributed by atoms with Crippen molar-refractivity contribution >= 4 is 6.29 Å². The largest absolute Gasteiger partial charge is 0.385 e. The van der Waals surface area contributed by atoms with Crippen LogP contribution in [-0.2, 0) is 17.8 Å². The summed E-state index contributed by atoms with van der Waals surface area (Å²) in [7, 11) is 1.73. The summed E-state index contributed by atoms with van der Waals surface area (Å²) in [6.45, 7) is 3.68. The Labute approximate surface area is 96.0 Å². The van der Waals surface area contributed by atoms with Gasteiger partial charge in [0.1, 0.15) is 6.29 Å². The second kappa shape index (κ2) is 5.23. The fraction of sp³-hybridized carbons (Fsp3) is 0.462. The van der Waals surface area contributed by atoms with Crippen LogP contribution in [0.25, 0.3) is 0 Å². The Morgan fingerprint density at radius 1 is 1.44 bits per heavy atom. The highest BCUT2D eigenvalue weighted by atomic mass is 16.5. The minimum absolute atomic E-state index is 0.799. The van der Waals surface area contributed by atoms with Crippen molar-refractivity contribution in [2.45, 2.75) is 19.5 Å². The van der Waals surface area contributed by atoms with Crippen LogP contribution in [-0.4, -0.2) is 31.4 Å². The van der Waals surface area contributed by atoms with Gasteiger partial charge in [0.25, 0.3) is 0 Å². The van der Waals surface area contributed by atoms with E-state index in [-0.39, 0.29) is 0 Å². The normalized spacial score (nSPS) is 15.1. The highest BCUT2D eigenvalue weighted by Gasteiger charge is 2.20. The monoisotopic (exact) mass is 219 g/mol. The molecule has 1 aromatic carbocycles. The van der Waals surface area contributed by atoms with E-state index in [0.717, 1.165) is 44.5 Å². The molecule has 1 aromatic rings. The Morgan fingerprint density at radius 3 is 3.06 bits per heavy atom. The predicted molar refractivity (Wildman–Crippen MR) is 62.4 cm³/mol. The van der Waals surface area contributed by atoms with E-state index >= 15 is 0 Å². The number of benzene rings is 1. The second-order valence-electron chi connectivity index (χ2n) is 4.16. The average Bonchev–Trinajstić information content (AvgIpc) is 2.71. The van der Waals surface area contributed by atoms with E-state index in [0.29, 0.717) is 0 Å². The lowest BCUT2D eigenvalue weighted by molar-refractivity contribution is 0.112. The van der Waals surface area contributed by atoms with Crippen LogP contribution < -0.4 is 0 Å². The molecule has 0 saturated carbocycles. The van der Waals surface area contributed by atoms with Crippen LogP contribution in [0, 0.1) is 0 Å². The number of carbonyl (C=O) groups excluding carboxylic acids is 1. The Morgan fingerprint density at radius 2 is 2.31 bits per heavy atom. The van der Waals surface area contributed by atoms with Gasteiger partial charge >= 0.3 is 0 Å². The molecule has 0 unspecified atom stereocenters. The first kappa shape index (κ1) is 11.3. The quantitative estimate of drug-likeness (QED) is 0.559. The zero-order valence-corrected chi connectivity index (χ0v) is 9.61. The maximum absolute atomic E-state index is 10.9. The number of aldehydes is 1. The summed E-state index contributed by atoms with van der Waals surface area (Å²) in [5.74, 6) is 0. The molecule has 0 amide bonds. The molecule has 86 valence electrons. The van der Waals surface area contributed by atoms with Crippen LogP contribution in [0.2, 0.25) is 0 Å². The van der Waals surface area contributed by atoms with Gasteiger partial charge in [-0.2, -0.15) is 0 Å². The first-order chi connectivity index (χ1) is 7.85. The molecule has 2 rings (SSSR count). The molecule has 0 aliphatic carbocycles. The average molecular weight is 219 g/mol. The van der Waals surface area contributed by atoms with Crippen LogP contribution in [0.4, 0.5) is 0 Å². The Kier molecular flexibility index (Phi) is 3.70. The van der Waals surface area contributed by atoms with Gasteiger partial charge in [-0.3, -0.25) is 9.69 Å². The van der Waals surface area contributed by atoms with Crippen molar-refractivity contribution in [2.75, 3.05) is 20.3 Å². The second-order valence-corrected chi connectivity index (χ2v) is 4.16. The van der Waals surface area contributed by atoms with Gasteiger partial charge in [0.05, 0.1) is 0 Å². The molecule has 0 aromatic heterocycles. The van der Waals surface area contributed by atoms with Gasteiger partial charge in [-0.15, -0.1) is 0 Å². The van der Waals surface area contributed by atoms with Gasteiger partial charge in [-0.1, -0.05) is 18.2 Å². The number of hydrogen-bond acceptors (Lipinski definition) is 3. The number of methoxy groups -OCH3 is 1. The third-order valence-corrected chi connectivity index (χ3v) is 3.03. The maximum atomic E-state index is 10.9. The van der Waals surface area contributed by atoms with E-state index in [2.05, 4.69) is 11.0 Å². The molecule has 1 aliphatic heterocycles. The lowest BCUT2D eigenvalue weighted by atomic mass is 10.1. The lowest BCUT2D eigenvalue weighted by Gasteiger charge is -2.13. The van der Waals surface area contributed by atoms with E-state index in [1.165, 1.54) is 11.1 Å². The lowest BCUT2D eigenvalue weighted by Crippen LogP contribution is -2.18. The zero-order chi connectivity index (χ0) is 11.4. The van der Waals surface area contributed by atoms with E-state index in [9.17, 15) is 4.79 Å². The number of hydrogen-bond donors (Lipinski definition) is 0. The van der Waals surface area contributed by atoms with Crippen molar-refractivity contribution in [2.24, 2.45) is 0 Å². The molecule has 0 spiro atoms. The van der Waals surface area contributed by atoms with Gasteiger partial charge in [-0.25, -0.2) is 0 Å². The zero-order valence-electron chi connectivity index (χ0n) is 9.61. The first-order valence-electron chi connectivity index (χ1n) is 5.62. The van der Waals surface area contributed by atoms with Crippen LogP contribution in [0.3, 0.4) is 0 Å². The number of fused-ring (bicyclic) bond motifs is 1. The van der Waals surface area contributed by atoms with Crippen molar-refractivity contribution < 1.29 is 9.53 Å². The molecular weight excluding hydrogens is 202 g/mol. The fourth-order valence-electron chi connectivity index (χ4n) is 2.22. The minimum atomic E-state index is 0.799. The summed E-state index contributed by atoms with van der Waals surface area (Å²) in [6.07, 6.45) is 2.00. The third-order valence-electron chi connectivity index (χ3n) is 3.03. The van der Waals surface area contributed by atoms with E-state index in [4.69, 9.17) is 4.74 Å². The molecule has 0 N–H and O–H groups in total. The van der Waals surface area contributed by atoms with Gasteiger partial charge in [0.2, 0.25) is 0 Å². The number of nitrogens with zero attached hydrogens (tertiary/aromatic N) is 1. The molecule has 0 saturated heterocycles. The van der Waals surface area contributed by atoms with Crippen LogP contribution in [0.15, 0.2) is 18.2 Å². The number of rotatable bonds is 5. The summed E-state index contributed by atoms with van der Waals surface area (Å²) in [5.41, 5.74) is 3.34. The molecule has 0 radical (unpaired) electrons. The molecule has 1 heterocycles. The van der Waals surface area contributed by atoms with Crippen LogP contribution in [0.1, 0.15) is 27.9 Å². The van der Waals surface area contributed by atoms with Gasteiger partial charge in [-0.05, 0) is 17.5 Å². The summed E-state index contributed by atoms with van der Waals surface area (Å²) < 4.78 is 5.04. The van der Waals surface area contributed by atoms with Crippen LogP contribution in [0.5, 0.6) is 0 Å². The first-order valence-corrected chi connectivity index (χ1v) is 5.62. The van der Waals surface area contributed by atoms with Crippen LogP contribution >= 0.6 is 0 Å². The minimum Gasteiger partial charge on any atom is -0.385 e. The molecule has 1 aliphatic rings. The maximum Gasteiger partial charge on any atom is 0.150 e. The van der Waals surface area contributed by atoms with E-state index < -0.39 is 0 Å². The molecule has 3 heteroatoms. The van der Waals surface area contributed by atoms with Crippen molar-refractivity contribution in [3.63, 3.8) is 0 Å². The Balaban J connectivity index is 2.00. The van der Waals surface area contributed by atoms with Gasteiger partial charge < -0.3 is 4.74 Å². The van der Waals surface area contributed by atoms with E-state index in [1.54, 1.807) is 7.11 Å². The summed E-state index contributed by atoms with van der Waals surface area (Å²) >= 11 is 0. The molecule has 0 atom stereocenters. The molecular formula is C13H17NO2. The number of ether oxygens (including phenoxy) is 1. The molecule has 0 bridgehead atoms. The van der Waals surface area contributed by atoms with Crippen molar-refractivity contribution in [3.8, 4) is 0 Å². The standard InChI is InChI=1S/C13H17NO2/c1-16-7-3-6-14-8-11-4-2-5-12(10-15)13(11)9-14/h2,4-5,10H,3,6-9H2,1H3. The third kappa shape index (κ3) is 2.31. The van der Waals surface area contributed by atoms with Gasteiger partial charge in [0.15, 0.2) is 0 Å². The van der Waals surface area contributed by atoms with E-state index in [1.807, 2.05) is 12.1 Å². The molecule has 3 nitrogen and oxygen atoms in total. The summed E-state index contributed by atoms with van der Waals surface area (Å²) in [4.78, 5) is 13.3. The van der Waals surface area contributed by atoms with Crippen molar-refractivity contribution in [1.82, 2.24) is 4.90 Å². The highest BCUT2D eigenvalue weighted by molar-refractivity contribution is 5.78. The predicted octanol–water partition coefficient (Wildman–Crippen LogP) is 1.85. The Hall–Kier alpha value is -1.19. The summed E-state index contributed by atoms with van der Waals surface area (Å²) in [5, 5.41) is 0. The topological polar surface area (TPSA) is 29.5 Å².